The van der Waals surface area contributed by atoms with Crippen LogP contribution in [0, 0.1) is 5.82 Å². The molecular formula is C31H29FN6O3S2. The summed E-state index contributed by atoms with van der Waals surface area (Å²) in [5.74, 6) is -0.0130. The second kappa shape index (κ2) is 12.5. The minimum atomic E-state index is -3.75. The van der Waals surface area contributed by atoms with Gasteiger partial charge in [-0.15, -0.1) is 11.3 Å². The predicted molar refractivity (Wildman–Crippen MR) is 168 cm³/mol. The Bertz CT molecular complexity index is 1840. The van der Waals surface area contributed by atoms with Crippen LogP contribution in [0.15, 0.2) is 90.0 Å². The van der Waals surface area contributed by atoms with Crippen LogP contribution in [0.25, 0.3) is 21.8 Å². The number of ether oxygens (including phenoxy) is 1. The molecule has 1 aliphatic rings. The molecule has 6 rings (SSSR count). The Morgan fingerprint density at radius 3 is 2.53 bits per heavy atom. The first-order valence-electron chi connectivity index (χ1n) is 13.8. The van der Waals surface area contributed by atoms with E-state index in [1.165, 1.54) is 17.4 Å². The van der Waals surface area contributed by atoms with Crippen LogP contribution >= 0.6 is 11.3 Å². The van der Waals surface area contributed by atoms with Gasteiger partial charge in [0, 0.05) is 36.2 Å². The Hall–Kier alpha value is -4.39. The minimum Gasteiger partial charge on any atom is -0.378 e. The van der Waals surface area contributed by atoms with Gasteiger partial charge in [0.25, 0.3) is 10.0 Å². The summed E-state index contributed by atoms with van der Waals surface area (Å²) >= 11 is 1.51. The van der Waals surface area contributed by atoms with Gasteiger partial charge in [0.1, 0.15) is 5.82 Å². The van der Waals surface area contributed by atoms with E-state index in [1.807, 2.05) is 17.9 Å². The number of thiazole rings is 1. The van der Waals surface area contributed by atoms with Crippen LogP contribution in [-0.4, -0.2) is 49.7 Å². The number of sulfonamides is 1. The summed E-state index contributed by atoms with van der Waals surface area (Å²) in [7, 11) is -3.75. The SMILES string of the molecule is CCc1nc(-c2cccc(NS(=O)(=O)c3ccccc3)c2)c(-c2ccnc(Nc3ccc(N4CCOCC4)c(F)c3)n2)s1. The van der Waals surface area contributed by atoms with E-state index in [0.717, 1.165) is 21.9 Å². The molecule has 0 spiro atoms. The lowest BCUT2D eigenvalue weighted by atomic mass is 10.1. The van der Waals surface area contributed by atoms with Crippen molar-refractivity contribution in [3.63, 3.8) is 0 Å². The lowest BCUT2D eigenvalue weighted by Crippen LogP contribution is -2.36. The normalized spacial score (nSPS) is 13.6. The zero-order chi connectivity index (χ0) is 29.8. The highest BCUT2D eigenvalue weighted by Crippen LogP contribution is 2.37. The molecule has 0 saturated carbocycles. The van der Waals surface area contributed by atoms with E-state index in [1.54, 1.807) is 72.9 Å². The van der Waals surface area contributed by atoms with Gasteiger partial charge in [0.05, 0.1) is 45.1 Å². The standard InChI is InChI=1S/C31H29FN6O3S2/c1-2-28-36-29(21-7-6-8-23(19-21)37-43(39,40)24-9-4-3-5-10-24)30(42-28)26-13-14-33-31(35-26)34-22-11-12-27(25(32)20-22)38-15-17-41-18-16-38/h3-14,19-20,37H,2,15-18H2,1H3,(H,33,34,35). The van der Waals surface area contributed by atoms with Gasteiger partial charge in [-0.1, -0.05) is 37.3 Å². The van der Waals surface area contributed by atoms with Crippen LogP contribution in [0.3, 0.4) is 0 Å². The van der Waals surface area contributed by atoms with E-state index in [4.69, 9.17) is 14.7 Å². The van der Waals surface area contributed by atoms with Crippen LogP contribution in [0.5, 0.6) is 0 Å². The number of morpholine rings is 1. The molecule has 2 N–H and O–H groups in total. The van der Waals surface area contributed by atoms with Gasteiger partial charge < -0.3 is 15.0 Å². The first kappa shape index (κ1) is 28.7. The van der Waals surface area contributed by atoms with E-state index in [2.05, 4.69) is 15.0 Å². The van der Waals surface area contributed by atoms with Gasteiger partial charge in [-0.3, -0.25) is 4.72 Å². The van der Waals surface area contributed by atoms with Crippen LogP contribution in [0.4, 0.5) is 27.4 Å². The molecule has 0 aliphatic carbocycles. The Balaban J connectivity index is 1.27. The summed E-state index contributed by atoms with van der Waals surface area (Å²) in [4.78, 5) is 16.9. The fourth-order valence-electron chi connectivity index (χ4n) is 4.75. The van der Waals surface area contributed by atoms with Gasteiger partial charge in [0.2, 0.25) is 5.95 Å². The van der Waals surface area contributed by atoms with Gasteiger partial charge in [0.15, 0.2) is 0 Å². The number of rotatable bonds is 9. The van der Waals surface area contributed by atoms with Crippen molar-refractivity contribution in [1.29, 1.82) is 0 Å². The average molecular weight is 617 g/mol. The second-order valence-corrected chi connectivity index (χ2v) is 12.6. The highest BCUT2D eigenvalue weighted by atomic mass is 32.2. The average Bonchev–Trinajstić information content (AvgIpc) is 3.47. The molecule has 0 unspecified atom stereocenters. The van der Waals surface area contributed by atoms with Crippen LogP contribution in [-0.2, 0) is 21.2 Å². The summed E-state index contributed by atoms with van der Waals surface area (Å²) in [6.45, 7) is 4.47. The lowest BCUT2D eigenvalue weighted by Gasteiger charge is -2.29. The van der Waals surface area contributed by atoms with Gasteiger partial charge in [-0.25, -0.2) is 27.8 Å². The van der Waals surface area contributed by atoms with Crippen molar-refractivity contribution >= 4 is 44.4 Å². The highest BCUT2D eigenvalue weighted by Gasteiger charge is 2.19. The Labute approximate surface area is 253 Å². The molecule has 3 heterocycles. The van der Waals surface area contributed by atoms with Crippen molar-refractivity contribution in [2.75, 3.05) is 41.2 Å². The molecule has 0 bridgehead atoms. The number of nitrogens with zero attached hydrogens (tertiary/aromatic N) is 4. The summed E-state index contributed by atoms with van der Waals surface area (Å²) in [5.41, 5.74) is 3.57. The molecule has 43 heavy (non-hydrogen) atoms. The van der Waals surface area contributed by atoms with Crippen molar-refractivity contribution < 1.29 is 17.5 Å². The van der Waals surface area contributed by atoms with Crippen molar-refractivity contribution in [2.24, 2.45) is 0 Å². The number of aryl methyl sites for hydroxylation is 1. The smallest absolute Gasteiger partial charge is 0.261 e. The molecule has 5 aromatic rings. The molecule has 220 valence electrons. The highest BCUT2D eigenvalue weighted by molar-refractivity contribution is 7.92. The number of halogens is 1. The topological polar surface area (TPSA) is 109 Å². The van der Waals surface area contributed by atoms with Crippen molar-refractivity contribution in [3.8, 4) is 21.8 Å². The zero-order valence-electron chi connectivity index (χ0n) is 23.3. The third-order valence-electron chi connectivity index (χ3n) is 6.86. The number of hydrogen-bond donors (Lipinski definition) is 2. The molecule has 0 radical (unpaired) electrons. The summed E-state index contributed by atoms with van der Waals surface area (Å²) in [5, 5.41) is 4.03. The molecular weight excluding hydrogens is 588 g/mol. The number of anilines is 4. The van der Waals surface area contributed by atoms with Crippen LogP contribution in [0.2, 0.25) is 0 Å². The molecule has 1 fully saturated rings. The molecule has 1 aliphatic heterocycles. The molecule has 1 saturated heterocycles. The fourth-order valence-corrected chi connectivity index (χ4v) is 6.81. The largest absolute Gasteiger partial charge is 0.378 e. The predicted octanol–water partition coefficient (Wildman–Crippen LogP) is 6.35. The van der Waals surface area contributed by atoms with Crippen LogP contribution in [0.1, 0.15) is 11.9 Å². The van der Waals surface area contributed by atoms with Gasteiger partial charge in [-0.05, 0) is 55.0 Å². The molecule has 12 heteroatoms. The maximum Gasteiger partial charge on any atom is 0.261 e. The third kappa shape index (κ3) is 6.51. The summed E-state index contributed by atoms with van der Waals surface area (Å²) < 4.78 is 48.9. The summed E-state index contributed by atoms with van der Waals surface area (Å²) in [6.07, 6.45) is 2.37. The Morgan fingerprint density at radius 1 is 0.953 bits per heavy atom. The van der Waals surface area contributed by atoms with E-state index in [-0.39, 0.29) is 10.7 Å². The quantitative estimate of drug-likeness (QED) is 0.197. The maximum absolute atomic E-state index is 15.0. The lowest BCUT2D eigenvalue weighted by molar-refractivity contribution is 0.122. The number of aromatic nitrogens is 3. The van der Waals surface area contributed by atoms with E-state index < -0.39 is 10.0 Å². The fraction of sp³-hybridized carbons (Fsp3) is 0.194. The van der Waals surface area contributed by atoms with Crippen molar-refractivity contribution in [3.05, 3.63) is 95.9 Å². The van der Waals surface area contributed by atoms with Crippen molar-refractivity contribution in [2.45, 2.75) is 18.2 Å². The number of benzene rings is 3. The van der Waals surface area contributed by atoms with Gasteiger partial charge in [-0.2, -0.15) is 0 Å². The summed E-state index contributed by atoms with van der Waals surface area (Å²) in [6, 6.07) is 22.2. The van der Waals surface area contributed by atoms with E-state index >= 15 is 0 Å². The zero-order valence-corrected chi connectivity index (χ0v) is 25.0. The van der Waals surface area contributed by atoms with E-state index in [9.17, 15) is 12.8 Å². The third-order valence-corrected chi connectivity index (χ3v) is 9.48. The minimum absolute atomic E-state index is 0.180. The second-order valence-electron chi connectivity index (χ2n) is 9.79. The molecule has 0 atom stereocenters. The first-order chi connectivity index (χ1) is 20.9. The number of nitrogens with one attached hydrogen (secondary N) is 2. The molecule has 0 amide bonds. The molecule has 2 aromatic heterocycles. The molecule has 3 aromatic carbocycles. The first-order valence-corrected chi connectivity index (χ1v) is 16.1. The van der Waals surface area contributed by atoms with Crippen LogP contribution < -0.4 is 14.9 Å². The maximum atomic E-state index is 15.0. The Kier molecular flexibility index (Phi) is 8.32. The van der Waals surface area contributed by atoms with E-state index in [0.29, 0.717) is 60.7 Å². The van der Waals surface area contributed by atoms with Gasteiger partial charge >= 0.3 is 0 Å². The Morgan fingerprint density at radius 2 is 1.77 bits per heavy atom. The monoisotopic (exact) mass is 616 g/mol. The van der Waals surface area contributed by atoms with Crippen molar-refractivity contribution in [1.82, 2.24) is 15.0 Å². The molecule has 9 nitrogen and oxygen atoms in total. The number of hydrogen-bond acceptors (Lipinski definition) is 9.